The van der Waals surface area contributed by atoms with Gasteiger partial charge in [-0.05, 0) is 24.1 Å². The molecule has 0 unspecified atom stereocenters. The summed E-state index contributed by atoms with van der Waals surface area (Å²) in [6.45, 7) is 2.08. The largest absolute Gasteiger partial charge is 0.507 e. The van der Waals surface area contributed by atoms with Crippen molar-refractivity contribution in [3.05, 3.63) is 65.2 Å². The highest BCUT2D eigenvalue weighted by molar-refractivity contribution is 6.10. The molecule has 0 bridgehead atoms. The third-order valence-electron chi connectivity index (χ3n) is 2.88. The van der Waals surface area contributed by atoms with Crippen LogP contribution in [0.4, 0.5) is 0 Å². The van der Waals surface area contributed by atoms with Gasteiger partial charge in [0.25, 0.3) is 0 Å². The van der Waals surface area contributed by atoms with Crippen LogP contribution in [0.3, 0.4) is 0 Å². The molecule has 0 saturated carbocycles. The average molecular weight is 240 g/mol. The molecule has 0 spiro atoms. The molecule has 0 amide bonds. The lowest BCUT2D eigenvalue weighted by Gasteiger charge is -2.06. The van der Waals surface area contributed by atoms with Crippen molar-refractivity contribution in [3.8, 4) is 5.75 Å². The Morgan fingerprint density at radius 1 is 1.11 bits per heavy atom. The summed E-state index contributed by atoms with van der Waals surface area (Å²) in [6.07, 6.45) is 1.93. The molecular weight excluding hydrogens is 224 g/mol. The number of carbonyl (C=O) groups excluding carboxylic acids is 1. The van der Waals surface area contributed by atoms with Gasteiger partial charge in [0.15, 0.2) is 5.78 Å². The second kappa shape index (κ2) is 5.50. The number of phenols is 1. The highest BCUT2D eigenvalue weighted by Crippen LogP contribution is 2.22. The van der Waals surface area contributed by atoms with Crippen LogP contribution < -0.4 is 0 Å². The molecule has 2 aromatic rings. The summed E-state index contributed by atoms with van der Waals surface area (Å²) in [4.78, 5) is 12.2. The van der Waals surface area contributed by atoms with Crippen molar-refractivity contribution in [2.45, 2.75) is 19.8 Å². The van der Waals surface area contributed by atoms with E-state index in [-0.39, 0.29) is 11.5 Å². The van der Waals surface area contributed by atoms with E-state index < -0.39 is 0 Å². The molecule has 2 nitrogen and oxygen atoms in total. The van der Waals surface area contributed by atoms with Crippen LogP contribution in [0.5, 0.6) is 5.75 Å². The smallest absolute Gasteiger partial charge is 0.196 e. The van der Waals surface area contributed by atoms with Crippen LogP contribution in [0.15, 0.2) is 48.5 Å². The summed E-state index contributed by atoms with van der Waals surface area (Å²) in [6, 6.07) is 14.3. The topological polar surface area (TPSA) is 37.3 Å². The molecule has 2 rings (SSSR count). The molecule has 0 radical (unpaired) electrons. The van der Waals surface area contributed by atoms with Gasteiger partial charge in [-0.3, -0.25) is 4.79 Å². The van der Waals surface area contributed by atoms with Gasteiger partial charge in [-0.2, -0.15) is 0 Å². The molecule has 2 aromatic carbocycles. The summed E-state index contributed by atoms with van der Waals surface area (Å²) in [5, 5.41) is 9.93. The fourth-order valence-electron chi connectivity index (χ4n) is 1.96. The molecule has 18 heavy (non-hydrogen) atoms. The minimum Gasteiger partial charge on any atom is -0.507 e. The van der Waals surface area contributed by atoms with Crippen LogP contribution in [0.2, 0.25) is 0 Å². The van der Waals surface area contributed by atoms with Gasteiger partial charge in [0.2, 0.25) is 0 Å². The third kappa shape index (κ3) is 2.59. The Bertz CT molecular complexity index is 544. The van der Waals surface area contributed by atoms with Crippen LogP contribution in [0.1, 0.15) is 34.8 Å². The number of ketones is 1. The molecule has 0 heterocycles. The SMILES string of the molecule is CCCc1ccc(C(=O)c2ccccc2)c(O)c1. The van der Waals surface area contributed by atoms with Crippen molar-refractivity contribution in [2.75, 3.05) is 0 Å². The predicted octanol–water partition coefficient (Wildman–Crippen LogP) is 3.58. The summed E-state index contributed by atoms with van der Waals surface area (Å²) in [7, 11) is 0. The van der Waals surface area contributed by atoms with Gasteiger partial charge in [-0.15, -0.1) is 0 Å². The predicted molar refractivity (Wildman–Crippen MR) is 72.0 cm³/mol. The second-order valence-corrected chi connectivity index (χ2v) is 4.30. The Labute approximate surface area is 107 Å². The van der Waals surface area contributed by atoms with Crippen molar-refractivity contribution in [2.24, 2.45) is 0 Å². The van der Waals surface area contributed by atoms with Gasteiger partial charge >= 0.3 is 0 Å². The highest BCUT2D eigenvalue weighted by Gasteiger charge is 2.13. The Hall–Kier alpha value is -2.09. The first kappa shape index (κ1) is 12.4. The van der Waals surface area contributed by atoms with E-state index in [1.165, 1.54) is 0 Å². The van der Waals surface area contributed by atoms with E-state index in [1.807, 2.05) is 24.3 Å². The maximum Gasteiger partial charge on any atom is 0.196 e. The third-order valence-corrected chi connectivity index (χ3v) is 2.88. The Kier molecular flexibility index (Phi) is 3.78. The van der Waals surface area contributed by atoms with Gasteiger partial charge in [-0.25, -0.2) is 0 Å². The lowest BCUT2D eigenvalue weighted by molar-refractivity contribution is 0.103. The van der Waals surface area contributed by atoms with E-state index in [0.29, 0.717) is 11.1 Å². The Morgan fingerprint density at radius 2 is 1.83 bits per heavy atom. The number of benzene rings is 2. The van der Waals surface area contributed by atoms with Gasteiger partial charge in [0.1, 0.15) is 5.75 Å². The summed E-state index contributed by atoms with van der Waals surface area (Å²) >= 11 is 0. The molecule has 2 heteroatoms. The van der Waals surface area contributed by atoms with Crippen molar-refractivity contribution in [3.63, 3.8) is 0 Å². The van der Waals surface area contributed by atoms with Crippen molar-refractivity contribution < 1.29 is 9.90 Å². The van der Waals surface area contributed by atoms with Crippen LogP contribution in [-0.4, -0.2) is 10.9 Å². The van der Waals surface area contributed by atoms with Crippen LogP contribution in [0, 0.1) is 0 Å². The molecule has 0 atom stereocenters. The van der Waals surface area contributed by atoms with E-state index in [4.69, 9.17) is 0 Å². The zero-order valence-electron chi connectivity index (χ0n) is 10.4. The van der Waals surface area contributed by atoms with E-state index >= 15 is 0 Å². The van der Waals surface area contributed by atoms with Crippen LogP contribution in [0.25, 0.3) is 0 Å². The number of hydrogen-bond acceptors (Lipinski definition) is 2. The van der Waals surface area contributed by atoms with E-state index in [2.05, 4.69) is 6.92 Å². The van der Waals surface area contributed by atoms with Gasteiger partial charge in [-0.1, -0.05) is 49.7 Å². The number of phenolic OH excluding ortho intramolecular Hbond substituents is 1. The first-order chi connectivity index (χ1) is 8.72. The maximum absolute atomic E-state index is 12.2. The minimum absolute atomic E-state index is 0.0646. The first-order valence-electron chi connectivity index (χ1n) is 6.14. The molecule has 92 valence electrons. The number of aromatic hydroxyl groups is 1. The van der Waals surface area contributed by atoms with Gasteiger partial charge < -0.3 is 5.11 Å². The standard InChI is InChI=1S/C16H16O2/c1-2-6-12-9-10-14(15(17)11-12)16(18)13-7-4-3-5-8-13/h3-5,7-11,17H,2,6H2,1H3. The van der Waals surface area contributed by atoms with Crippen LogP contribution >= 0.6 is 0 Å². The fourth-order valence-corrected chi connectivity index (χ4v) is 1.96. The average Bonchev–Trinajstić information content (AvgIpc) is 2.40. The highest BCUT2D eigenvalue weighted by atomic mass is 16.3. The van der Waals surface area contributed by atoms with E-state index in [9.17, 15) is 9.90 Å². The second-order valence-electron chi connectivity index (χ2n) is 4.30. The van der Waals surface area contributed by atoms with Crippen LogP contribution in [-0.2, 0) is 6.42 Å². The quantitative estimate of drug-likeness (QED) is 0.829. The summed E-state index contributed by atoms with van der Waals surface area (Å²) in [5.74, 6) is -0.0778. The minimum atomic E-state index is -0.142. The first-order valence-corrected chi connectivity index (χ1v) is 6.14. The van der Waals surface area contributed by atoms with Gasteiger partial charge in [0, 0.05) is 5.56 Å². The lowest BCUT2D eigenvalue weighted by Crippen LogP contribution is -2.01. The van der Waals surface area contributed by atoms with Crippen molar-refractivity contribution in [1.29, 1.82) is 0 Å². The van der Waals surface area contributed by atoms with Crippen molar-refractivity contribution in [1.82, 2.24) is 0 Å². The fraction of sp³-hybridized carbons (Fsp3) is 0.188. The summed E-state index contributed by atoms with van der Waals surface area (Å²) in [5.41, 5.74) is 2.01. The summed E-state index contributed by atoms with van der Waals surface area (Å²) < 4.78 is 0. The zero-order chi connectivity index (χ0) is 13.0. The number of hydrogen-bond donors (Lipinski definition) is 1. The molecule has 0 aromatic heterocycles. The molecule has 0 aliphatic rings. The monoisotopic (exact) mass is 240 g/mol. The number of carbonyl (C=O) groups is 1. The molecule has 0 fully saturated rings. The normalized spacial score (nSPS) is 10.3. The van der Waals surface area contributed by atoms with Crippen molar-refractivity contribution >= 4 is 5.78 Å². The Balaban J connectivity index is 2.32. The Morgan fingerprint density at radius 3 is 2.44 bits per heavy atom. The van der Waals surface area contributed by atoms with Gasteiger partial charge in [0.05, 0.1) is 5.56 Å². The lowest BCUT2D eigenvalue weighted by atomic mass is 10.00. The molecule has 0 aliphatic carbocycles. The van der Waals surface area contributed by atoms with E-state index in [0.717, 1.165) is 18.4 Å². The number of rotatable bonds is 4. The molecular formula is C16H16O2. The zero-order valence-corrected chi connectivity index (χ0v) is 10.4. The molecule has 0 aliphatic heterocycles. The number of aryl methyl sites for hydroxylation is 1. The molecule has 1 N–H and O–H groups in total. The maximum atomic E-state index is 12.2. The molecule has 0 saturated heterocycles. The van der Waals surface area contributed by atoms with E-state index in [1.54, 1.807) is 24.3 Å².